The molecule has 0 aromatic heterocycles. The van der Waals surface area contributed by atoms with Gasteiger partial charge in [-0.3, -0.25) is 4.79 Å². The van der Waals surface area contributed by atoms with Crippen molar-refractivity contribution < 1.29 is 37.7 Å². The summed E-state index contributed by atoms with van der Waals surface area (Å²) < 4.78 is 46.4. The Balaban J connectivity index is 1.77. The standard InChI is InChI=1S/C49H76F2O6/c1-4-6-8-10-12-13-14-15-16-17-18-19-23-30-38-55-47(53)35-29-22-21-28-34-44-43(36-37-49(50,51)40-56-42-32-26-24-27-33-42)45(52)39-46(44)57-48(54)41(3)31-25-20-11-9-7-5-2/h13-14,21,24,26-28,32-33,36-37,43-46,52H,3-12,15-20,22-23,25,29-31,34-35,38-40H2,1-2H3/b14-13+,28-21-,37-36+/t43-,44-,45-,46+/m1/s1. The number of halogens is 2. The van der Waals surface area contributed by atoms with Crippen LogP contribution in [-0.2, 0) is 19.1 Å². The molecule has 0 unspecified atom stereocenters. The summed E-state index contributed by atoms with van der Waals surface area (Å²) >= 11 is 0. The molecule has 1 aromatic carbocycles. The van der Waals surface area contributed by atoms with E-state index in [1.54, 1.807) is 30.3 Å². The first kappa shape index (κ1) is 49.9. The van der Waals surface area contributed by atoms with Gasteiger partial charge in [0.25, 0.3) is 5.92 Å². The monoisotopic (exact) mass is 799 g/mol. The van der Waals surface area contributed by atoms with Gasteiger partial charge in [-0.15, -0.1) is 0 Å². The Kier molecular flexibility index (Phi) is 27.7. The molecule has 6 nitrogen and oxygen atoms in total. The molecule has 1 fully saturated rings. The van der Waals surface area contributed by atoms with E-state index in [0.717, 1.165) is 44.6 Å². The maximum absolute atomic E-state index is 14.9. The molecular formula is C49H76F2O6. The molecule has 4 atom stereocenters. The molecule has 8 heteroatoms. The number of rotatable bonds is 34. The summed E-state index contributed by atoms with van der Waals surface area (Å²) in [5.74, 6) is -4.67. The molecule has 0 aliphatic heterocycles. The SMILES string of the molecule is C=C(CCCCCCCC)C(=O)O[C@H]1C[C@@H](O)[C@H](/C=C/C(F)(F)COc2ccccc2)[C@H]1C/C=C\CCCC(=O)OCCCCCCCC/C=C/CCCCCC. The number of aliphatic hydroxyl groups excluding tert-OH is 1. The Hall–Kier alpha value is -3.26. The van der Waals surface area contributed by atoms with Gasteiger partial charge in [-0.25, -0.2) is 4.79 Å². The number of aliphatic hydroxyl groups is 1. The topological polar surface area (TPSA) is 82.1 Å². The van der Waals surface area contributed by atoms with Gasteiger partial charge in [0.1, 0.15) is 11.9 Å². The van der Waals surface area contributed by atoms with E-state index in [4.69, 9.17) is 14.2 Å². The summed E-state index contributed by atoms with van der Waals surface area (Å²) in [4.78, 5) is 25.3. The molecule has 1 aromatic rings. The minimum Gasteiger partial charge on any atom is -0.487 e. The molecule has 322 valence electrons. The predicted molar refractivity (Wildman–Crippen MR) is 229 cm³/mol. The van der Waals surface area contributed by atoms with Gasteiger partial charge in [-0.05, 0) is 82.4 Å². The van der Waals surface area contributed by atoms with Crippen molar-refractivity contribution in [2.75, 3.05) is 13.2 Å². The van der Waals surface area contributed by atoms with Gasteiger partial charge in [0, 0.05) is 30.3 Å². The van der Waals surface area contributed by atoms with E-state index in [9.17, 15) is 23.5 Å². The minimum absolute atomic E-state index is 0.151. The van der Waals surface area contributed by atoms with Crippen LogP contribution in [0.3, 0.4) is 0 Å². The van der Waals surface area contributed by atoms with E-state index in [1.807, 2.05) is 12.2 Å². The van der Waals surface area contributed by atoms with Crippen LogP contribution in [-0.4, -0.2) is 48.4 Å². The number of para-hydroxylation sites is 1. The Bertz CT molecular complexity index is 1290. The fourth-order valence-electron chi connectivity index (χ4n) is 7.25. The van der Waals surface area contributed by atoms with Crippen molar-refractivity contribution in [1.82, 2.24) is 0 Å². The fraction of sp³-hybridized carbons (Fsp3) is 0.673. The average molecular weight is 799 g/mol. The van der Waals surface area contributed by atoms with Crippen molar-refractivity contribution in [3.05, 3.63) is 78.9 Å². The van der Waals surface area contributed by atoms with Gasteiger partial charge in [-0.2, -0.15) is 8.78 Å². The maximum Gasteiger partial charge on any atom is 0.333 e. The smallest absolute Gasteiger partial charge is 0.333 e. The zero-order valence-corrected chi connectivity index (χ0v) is 35.5. The molecule has 1 N–H and O–H groups in total. The van der Waals surface area contributed by atoms with Crippen molar-refractivity contribution in [2.24, 2.45) is 11.8 Å². The second-order valence-corrected chi connectivity index (χ2v) is 15.9. The number of allylic oxidation sites excluding steroid dienone is 4. The summed E-state index contributed by atoms with van der Waals surface area (Å²) in [5.41, 5.74) is 0.395. The van der Waals surface area contributed by atoms with E-state index in [1.165, 1.54) is 83.1 Å². The van der Waals surface area contributed by atoms with Crippen molar-refractivity contribution in [3.63, 3.8) is 0 Å². The lowest BCUT2D eigenvalue weighted by atomic mass is 9.89. The third-order valence-electron chi connectivity index (χ3n) is 10.8. The van der Waals surface area contributed by atoms with Gasteiger partial charge < -0.3 is 19.3 Å². The Morgan fingerprint density at radius 1 is 0.772 bits per heavy atom. The molecule has 0 saturated heterocycles. The first-order chi connectivity index (χ1) is 27.7. The Labute approximate surface area is 344 Å². The molecule has 2 rings (SSSR count). The van der Waals surface area contributed by atoms with E-state index in [0.29, 0.717) is 50.0 Å². The Morgan fingerprint density at radius 2 is 1.35 bits per heavy atom. The van der Waals surface area contributed by atoms with Crippen LogP contribution in [0.5, 0.6) is 5.75 Å². The summed E-state index contributed by atoms with van der Waals surface area (Å²) in [5, 5.41) is 11.0. The lowest BCUT2D eigenvalue weighted by Crippen LogP contribution is -2.27. The number of ether oxygens (including phenoxy) is 3. The van der Waals surface area contributed by atoms with E-state index < -0.39 is 42.5 Å². The van der Waals surface area contributed by atoms with E-state index in [-0.39, 0.29) is 12.4 Å². The van der Waals surface area contributed by atoms with Crippen LogP contribution >= 0.6 is 0 Å². The largest absolute Gasteiger partial charge is 0.487 e. The first-order valence-corrected chi connectivity index (χ1v) is 22.4. The summed E-state index contributed by atoms with van der Waals surface area (Å²) in [6.07, 6.45) is 32.8. The summed E-state index contributed by atoms with van der Waals surface area (Å²) in [6.45, 7) is 7.99. The zero-order valence-electron chi connectivity index (χ0n) is 35.5. The number of hydrogen-bond donors (Lipinski definition) is 1. The van der Waals surface area contributed by atoms with Crippen LogP contribution < -0.4 is 4.74 Å². The van der Waals surface area contributed by atoms with Crippen LogP contribution in [0, 0.1) is 11.8 Å². The van der Waals surface area contributed by atoms with Gasteiger partial charge in [0.15, 0.2) is 6.61 Å². The van der Waals surface area contributed by atoms with E-state index in [2.05, 4.69) is 32.6 Å². The lowest BCUT2D eigenvalue weighted by molar-refractivity contribution is -0.146. The van der Waals surface area contributed by atoms with Gasteiger partial charge in [-0.1, -0.05) is 146 Å². The van der Waals surface area contributed by atoms with Crippen LogP contribution in [0.4, 0.5) is 8.78 Å². The highest BCUT2D eigenvalue weighted by atomic mass is 19.3. The molecule has 1 aliphatic rings. The molecule has 0 radical (unpaired) electrons. The van der Waals surface area contributed by atoms with Crippen molar-refractivity contribution in [3.8, 4) is 5.75 Å². The van der Waals surface area contributed by atoms with Crippen LogP contribution in [0.15, 0.2) is 78.9 Å². The number of unbranched alkanes of at least 4 members (excludes halogenated alkanes) is 16. The molecule has 1 aliphatic carbocycles. The van der Waals surface area contributed by atoms with Gasteiger partial charge in [0.2, 0.25) is 0 Å². The molecular weight excluding hydrogens is 723 g/mol. The van der Waals surface area contributed by atoms with Crippen molar-refractivity contribution in [2.45, 2.75) is 186 Å². The van der Waals surface area contributed by atoms with Gasteiger partial charge >= 0.3 is 11.9 Å². The van der Waals surface area contributed by atoms with Crippen LogP contribution in [0.1, 0.15) is 168 Å². The number of carbonyl (C=O) groups is 2. The quantitative estimate of drug-likeness (QED) is 0.0324. The summed E-state index contributed by atoms with van der Waals surface area (Å²) in [6, 6.07) is 8.44. The normalized spacial score (nSPS) is 18.5. The van der Waals surface area contributed by atoms with Crippen molar-refractivity contribution in [1.29, 1.82) is 0 Å². The molecule has 0 heterocycles. The molecule has 0 spiro atoms. The third kappa shape index (κ3) is 24.3. The molecule has 57 heavy (non-hydrogen) atoms. The first-order valence-electron chi connectivity index (χ1n) is 22.4. The number of benzene rings is 1. The fourth-order valence-corrected chi connectivity index (χ4v) is 7.25. The summed E-state index contributed by atoms with van der Waals surface area (Å²) in [7, 11) is 0. The number of hydrogen-bond acceptors (Lipinski definition) is 6. The second kappa shape index (κ2) is 31.7. The van der Waals surface area contributed by atoms with E-state index >= 15 is 0 Å². The average Bonchev–Trinajstić information content (AvgIpc) is 3.50. The second-order valence-electron chi connectivity index (χ2n) is 15.9. The van der Waals surface area contributed by atoms with Gasteiger partial charge in [0.05, 0.1) is 12.7 Å². The lowest BCUT2D eigenvalue weighted by Gasteiger charge is -2.23. The van der Waals surface area contributed by atoms with Crippen LogP contribution in [0.25, 0.3) is 0 Å². The minimum atomic E-state index is -3.27. The van der Waals surface area contributed by atoms with Crippen LogP contribution in [0.2, 0.25) is 0 Å². The highest BCUT2D eigenvalue weighted by molar-refractivity contribution is 5.87. The number of carbonyl (C=O) groups excluding carboxylic acids is 2. The molecule has 0 amide bonds. The molecule has 1 saturated carbocycles. The molecule has 0 bridgehead atoms. The highest BCUT2D eigenvalue weighted by Crippen LogP contribution is 2.39. The number of esters is 2. The highest BCUT2D eigenvalue weighted by Gasteiger charge is 2.43. The predicted octanol–water partition coefficient (Wildman–Crippen LogP) is 13.4. The van der Waals surface area contributed by atoms with Crippen molar-refractivity contribution >= 4 is 11.9 Å². The zero-order chi connectivity index (χ0) is 41.4. The maximum atomic E-state index is 14.9. The number of alkyl halides is 2. The Morgan fingerprint density at radius 3 is 2.04 bits per heavy atom. The third-order valence-corrected chi connectivity index (χ3v) is 10.8.